The summed E-state index contributed by atoms with van der Waals surface area (Å²) in [7, 11) is 0. The number of aromatic amines is 1. The zero-order chi connectivity index (χ0) is 10.4. The monoisotopic (exact) mass is 219 g/mol. The Bertz CT molecular complexity index is 713. The van der Waals surface area contributed by atoms with E-state index in [1.165, 1.54) is 4.40 Å². The second kappa shape index (κ2) is 2.84. The van der Waals surface area contributed by atoms with Crippen LogP contribution >= 0.6 is 11.6 Å². The van der Waals surface area contributed by atoms with Crippen molar-refractivity contribution in [1.29, 1.82) is 0 Å². The van der Waals surface area contributed by atoms with Crippen LogP contribution in [0.4, 0.5) is 0 Å². The van der Waals surface area contributed by atoms with Crippen LogP contribution in [0, 0.1) is 0 Å². The lowest BCUT2D eigenvalue weighted by Gasteiger charge is -2.01. The van der Waals surface area contributed by atoms with Crippen molar-refractivity contribution in [2.24, 2.45) is 0 Å². The standard InChI is InChI=1S/C10H6ClN3O/c11-7-5-9-12-13-10(15)14(9)8-4-2-1-3-6(7)8/h1-5H,(H,13,15). The van der Waals surface area contributed by atoms with Crippen molar-refractivity contribution >= 4 is 28.2 Å². The fourth-order valence-electron chi connectivity index (χ4n) is 1.70. The van der Waals surface area contributed by atoms with E-state index in [2.05, 4.69) is 10.2 Å². The highest BCUT2D eigenvalue weighted by Gasteiger charge is 2.07. The number of pyridine rings is 1. The maximum atomic E-state index is 11.5. The number of hydrogen-bond acceptors (Lipinski definition) is 2. The molecule has 0 bridgehead atoms. The third kappa shape index (κ3) is 1.08. The molecule has 3 rings (SSSR count). The molecule has 74 valence electrons. The van der Waals surface area contributed by atoms with Gasteiger partial charge in [0.2, 0.25) is 0 Å². The van der Waals surface area contributed by atoms with Crippen LogP contribution < -0.4 is 5.69 Å². The van der Waals surface area contributed by atoms with E-state index in [1.54, 1.807) is 6.07 Å². The summed E-state index contributed by atoms with van der Waals surface area (Å²) >= 11 is 6.08. The molecule has 0 amide bonds. The van der Waals surface area contributed by atoms with Crippen molar-refractivity contribution in [2.75, 3.05) is 0 Å². The molecule has 5 heteroatoms. The van der Waals surface area contributed by atoms with Gasteiger partial charge in [-0.3, -0.25) is 0 Å². The van der Waals surface area contributed by atoms with Crippen molar-refractivity contribution < 1.29 is 0 Å². The first-order valence-corrected chi connectivity index (χ1v) is 4.79. The Hall–Kier alpha value is -1.81. The Morgan fingerprint density at radius 3 is 3.00 bits per heavy atom. The molecular weight excluding hydrogens is 214 g/mol. The van der Waals surface area contributed by atoms with Crippen LogP contribution in [0.15, 0.2) is 35.1 Å². The smallest absolute Gasteiger partial charge is 0.246 e. The lowest BCUT2D eigenvalue weighted by atomic mass is 10.2. The van der Waals surface area contributed by atoms with Gasteiger partial charge in [-0.05, 0) is 6.07 Å². The minimum absolute atomic E-state index is 0.252. The quantitative estimate of drug-likeness (QED) is 0.627. The van der Waals surface area contributed by atoms with Crippen LogP contribution in [-0.4, -0.2) is 14.6 Å². The number of H-pyrrole nitrogens is 1. The minimum atomic E-state index is -0.252. The molecule has 0 radical (unpaired) electrons. The van der Waals surface area contributed by atoms with Gasteiger partial charge in [0.25, 0.3) is 0 Å². The van der Waals surface area contributed by atoms with Gasteiger partial charge in [-0.15, -0.1) is 0 Å². The fourth-order valence-corrected chi connectivity index (χ4v) is 1.96. The van der Waals surface area contributed by atoms with Crippen molar-refractivity contribution in [3.05, 3.63) is 45.8 Å². The highest BCUT2D eigenvalue weighted by molar-refractivity contribution is 6.35. The molecule has 0 aliphatic rings. The molecule has 2 aromatic heterocycles. The van der Waals surface area contributed by atoms with Gasteiger partial charge in [0.15, 0.2) is 5.65 Å². The highest BCUT2D eigenvalue weighted by Crippen LogP contribution is 2.23. The maximum absolute atomic E-state index is 11.5. The van der Waals surface area contributed by atoms with Crippen LogP contribution in [0.25, 0.3) is 16.6 Å². The number of halogens is 1. The van der Waals surface area contributed by atoms with Crippen LogP contribution in [-0.2, 0) is 0 Å². The Balaban J connectivity index is 2.74. The largest absolute Gasteiger partial charge is 0.348 e. The van der Waals surface area contributed by atoms with E-state index in [1.807, 2.05) is 24.3 Å². The number of rotatable bonds is 0. The summed E-state index contributed by atoms with van der Waals surface area (Å²) in [5.74, 6) is 0. The average Bonchev–Trinajstić information content (AvgIpc) is 2.61. The fraction of sp³-hybridized carbons (Fsp3) is 0. The molecule has 0 aliphatic heterocycles. The topological polar surface area (TPSA) is 50.2 Å². The van der Waals surface area contributed by atoms with E-state index in [-0.39, 0.29) is 5.69 Å². The summed E-state index contributed by atoms with van der Waals surface area (Å²) in [5.41, 5.74) is 1.04. The van der Waals surface area contributed by atoms with E-state index in [4.69, 9.17) is 11.6 Å². The molecule has 0 fully saturated rings. The molecule has 0 saturated carbocycles. The molecule has 0 spiro atoms. The molecular formula is C10H6ClN3O. The maximum Gasteiger partial charge on any atom is 0.348 e. The SMILES string of the molecule is O=c1[nH]nc2cc(Cl)c3ccccc3n12. The second-order valence-corrected chi connectivity index (χ2v) is 3.64. The molecule has 0 aliphatic carbocycles. The van der Waals surface area contributed by atoms with Crippen LogP contribution in [0.3, 0.4) is 0 Å². The molecule has 1 N–H and O–H groups in total. The Morgan fingerprint density at radius 2 is 2.13 bits per heavy atom. The predicted molar refractivity (Wildman–Crippen MR) is 58.3 cm³/mol. The molecule has 0 saturated heterocycles. The van der Waals surface area contributed by atoms with Gasteiger partial charge in [0.05, 0.1) is 10.5 Å². The number of fused-ring (bicyclic) bond motifs is 3. The van der Waals surface area contributed by atoms with Gasteiger partial charge < -0.3 is 0 Å². The van der Waals surface area contributed by atoms with Crippen LogP contribution in [0.1, 0.15) is 0 Å². The summed E-state index contributed by atoms with van der Waals surface area (Å²) in [6, 6.07) is 9.12. The molecule has 3 aromatic rings. The van der Waals surface area contributed by atoms with Crippen molar-refractivity contribution in [3.63, 3.8) is 0 Å². The number of nitrogens with zero attached hydrogens (tertiary/aromatic N) is 2. The minimum Gasteiger partial charge on any atom is -0.246 e. The van der Waals surface area contributed by atoms with Crippen LogP contribution in [0.2, 0.25) is 5.02 Å². The van der Waals surface area contributed by atoms with E-state index in [0.717, 1.165) is 10.9 Å². The first-order valence-electron chi connectivity index (χ1n) is 4.42. The first kappa shape index (κ1) is 8.49. The first-order chi connectivity index (χ1) is 7.27. The van der Waals surface area contributed by atoms with Crippen molar-refractivity contribution in [3.8, 4) is 0 Å². The zero-order valence-corrected chi connectivity index (χ0v) is 8.32. The molecule has 4 nitrogen and oxygen atoms in total. The van der Waals surface area contributed by atoms with E-state index >= 15 is 0 Å². The Morgan fingerprint density at radius 1 is 1.33 bits per heavy atom. The molecule has 15 heavy (non-hydrogen) atoms. The number of aromatic nitrogens is 3. The number of benzene rings is 1. The molecule has 1 aromatic carbocycles. The third-order valence-electron chi connectivity index (χ3n) is 2.36. The van der Waals surface area contributed by atoms with Gasteiger partial charge in [-0.25, -0.2) is 14.3 Å². The lowest BCUT2D eigenvalue weighted by molar-refractivity contribution is 1.04. The molecule has 0 unspecified atom stereocenters. The number of nitrogens with one attached hydrogen (secondary N) is 1. The zero-order valence-electron chi connectivity index (χ0n) is 7.57. The van der Waals surface area contributed by atoms with E-state index in [0.29, 0.717) is 10.7 Å². The third-order valence-corrected chi connectivity index (χ3v) is 2.67. The van der Waals surface area contributed by atoms with E-state index < -0.39 is 0 Å². The summed E-state index contributed by atoms with van der Waals surface area (Å²) < 4.78 is 1.50. The normalized spacial score (nSPS) is 11.3. The van der Waals surface area contributed by atoms with Gasteiger partial charge in [-0.2, -0.15) is 5.10 Å². The van der Waals surface area contributed by atoms with Crippen molar-refractivity contribution in [2.45, 2.75) is 0 Å². The Labute approximate surface area is 89.1 Å². The van der Waals surface area contributed by atoms with Gasteiger partial charge >= 0.3 is 5.69 Å². The molecule has 0 atom stereocenters. The number of para-hydroxylation sites is 1. The predicted octanol–water partition coefficient (Wildman–Crippen LogP) is 1.83. The van der Waals surface area contributed by atoms with Crippen LogP contribution in [0.5, 0.6) is 0 Å². The van der Waals surface area contributed by atoms with Gasteiger partial charge in [0, 0.05) is 11.5 Å². The summed E-state index contributed by atoms with van der Waals surface area (Å²) in [5, 5.41) is 7.70. The van der Waals surface area contributed by atoms with Crippen molar-refractivity contribution in [1.82, 2.24) is 14.6 Å². The summed E-state index contributed by atoms with van der Waals surface area (Å²) in [4.78, 5) is 11.5. The Kier molecular flexibility index (Phi) is 1.61. The van der Waals surface area contributed by atoms with E-state index in [9.17, 15) is 4.79 Å². The summed E-state index contributed by atoms with van der Waals surface area (Å²) in [6.07, 6.45) is 0. The molecule has 2 heterocycles. The number of hydrogen-bond donors (Lipinski definition) is 1. The average molecular weight is 220 g/mol. The second-order valence-electron chi connectivity index (χ2n) is 3.23. The lowest BCUT2D eigenvalue weighted by Crippen LogP contribution is -2.09. The van der Waals surface area contributed by atoms with Gasteiger partial charge in [0.1, 0.15) is 0 Å². The van der Waals surface area contributed by atoms with Gasteiger partial charge in [-0.1, -0.05) is 29.8 Å². The highest BCUT2D eigenvalue weighted by atomic mass is 35.5. The summed E-state index contributed by atoms with van der Waals surface area (Å²) in [6.45, 7) is 0.